The van der Waals surface area contributed by atoms with Crippen molar-refractivity contribution >= 4 is 29.9 Å². The SMILES string of the molecule is CN=C(NCc1cccc(Cn2cccn2)c1)NCC1CCCOC1c1ccc(C)cc1.I. The molecule has 33 heavy (non-hydrogen) atoms. The highest BCUT2D eigenvalue weighted by Crippen LogP contribution is 2.33. The molecule has 0 bridgehead atoms. The standard InChI is InChI=1S/C26H33N5O.HI/c1-20-9-11-23(12-10-20)25-24(8-4-15-32-25)18-29-26(27-2)28-17-21-6-3-7-22(16-21)19-31-14-5-13-30-31;/h3,5-7,9-14,16,24-25H,4,8,15,17-19H2,1-2H3,(H2,27,28,29);1H. The van der Waals surface area contributed by atoms with Crippen molar-refractivity contribution in [1.29, 1.82) is 0 Å². The summed E-state index contributed by atoms with van der Waals surface area (Å²) in [6.07, 6.45) is 6.17. The van der Waals surface area contributed by atoms with Gasteiger partial charge in [0.15, 0.2) is 5.96 Å². The summed E-state index contributed by atoms with van der Waals surface area (Å²) in [6.45, 7) is 5.27. The molecule has 7 heteroatoms. The molecular formula is C26H34IN5O. The van der Waals surface area contributed by atoms with E-state index in [1.54, 1.807) is 0 Å². The zero-order chi connectivity index (χ0) is 22.2. The molecule has 1 saturated heterocycles. The van der Waals surface area contributed by atoms with Crippen molar-refractivity contribution in [3.05, 3.63) is 89.2 Å². The molecule has 2 atom stereocenters. The average molecular weight is 559 g/mol. The molecule has 0 amide bonds. The maximum atomic E-state index is 6.16. The van der Waals surface area contributed by atoms with Gasteiger partial charge < -0.3 is 15.4 Å². The summed E-state index contributed by atoms with van der Waals surface area (Å²) in [5, 5.41) is 11.3. The molecule has 0 aliphatic carbocycles. The highest BCUT2D eigenvalue weighted by Gasteiger charge is 2.27. The van der Waals surface area contributed by atoms with Crippen LogP contribution >= 0.6 is 24.0 Å². The van der Waals surface area contributed by atoms with Crippen LogP contribution in [-0.4, -0.2) is 35.9 Å². The van der Waals surface area contributed by atoms with E-state index in [4.69, 9.17) is 4.74 Å². The molecule has 2 heterocycles. The van der Waals surface area contributed by atoms with Gasteiger partial charge in [0.2, 0.25) is 0 Å². The summed E-state index contributed by atoms with van der Waals surface area (Å²) in [6, 6.07) is 19.2. The van der Waals surface area contributed by atoms with E-state index in [1.165, 1.54) is 22.3 Å². The largest absolute Gasteiger partial charge is 0.373 e. The Morgan fingerprint density at radius 3 is 2.70 bits per heavy atom. The monoisotopic (exact) mass is 559 g/mol. The number of nitrogens with one attached hydrogen (secondary N) is 2. The molecular weight excluding hydrogens is 525 g/mol. The Labute approximate surface area is 213 Å². The van der Waals surface area contributed by atoms with E-state index < -0.39 is 0 Å². The summed E-state index contributed by atoms with van der Waals surface area (Å²) in [5.74, 6) is 1.23. The highest BCUT2D eigenvalue weighted by atomic mass is 127. The molecule has 0 radical (unpaired) electrons. The number of aryl methyl sites for hydroxylation is 1. The van der Waals surface area contributed by atoms with Gasteiger partial charge in [0.1, 0.15) is 0 Å². The topological polar surface area (TPSA) is 63.5 Å². The Morgan fingerprint density at radius 2 is 1.94 bits per heavy atom. The van der Waals surface area contributed by atoms with Crippen molar-refractivity contribution in [2.75, 3.05) is 20.2 Å². The fraction of sp³-hybridized carbons (Fsp3) is 0.385. The van der Waals surface area contributed by atoms with Crippen LogP contribution in [0.15, 0.2) is 72.0 Å². The van der Waals surface area contributed by atoms with Gasteiger partial charge in [-0.25, -0.2) is 0 Å². The van der Waals surface area contributed by atoms with Crippen LogP contribution in [0.3, 0.4) is 0 Å². The second-order valence-corrected chi connectivity index (χ2v) is 8.43. The first-order valence-corrected chi connectivity index (χ1v) is 11.4. The molecule has 1 fully saturated rings. The van der Waals surface area contributed by atoms with Crippen molar-refractivity contribution < 1.29 is 4.74 Å². The Hall–Kier alpha value is -2.39. The van der Waals surface area contributed by atoms with Crippen LogP contribution < -0.4 is 10.6 Å². The van der Waals surface area contributed by atoms with Crippen LogP contribution in [0.1, 0.15) is 41.2 Å². The summed E-state index contributed by atoms with van der Waals surface area (Å²) in [4.78, 5) is 4.42. The predicted octanol–water partition coefficient (Wildman–Crippen LogP) is 4.69. The van der Waals surface area contributed by atoms with Crippen molar-refractivity contribution in [2.45, 2.75) is 39.0 Å². The zero-order valence-electron chi connectivity index (χ0n) is 19.4. The first-order valence-electron chi connectivity index (χ1n) is 11.4. The lowest BCUT2D eigenvalue weighted by Gasteiger charge is -2.32. The van der Waals surface area contributed by atoms with E-state index in [1.807, 2.05) is 30.2 Å². The number of aromatic nitrogens is 2. The van der Waals surface area contributed by atoms with Crippen molar-refractivity contribution in [3.8, 4) is 0 Å². The summed E-state index contributed by atoms with van der Waals surface area (Å²) in [5.41, 5.74) is 4.99. The minimum absolute atomic E-state index is 0. The number of hydrogen-bond donors (Lipinski definition) is 2. The molecule has 1 aliphatic heterocycles. The van der Waals surface area contributed by atoms with Gasteiger partial charge in [-0.05, 0) is 42.5 Å². The molecule has 4 rings (SSSR count). The van der Waals surface area contributed by atoms with Gasteiger partial charge in [0.25, 0.3) is 0 Å². The number of rotatable bonds is 7. The lowest BCUT2D eigenvalue weighted by atomic mass is 9.89. The van der Waals surface area contributed by atoms with Crippen LogP contribution in [0.25, 0.3) is 0 Å². The lowest BCUT2D eigenvalue weighted by molar-refractivity contribution is -0.0265. The summed E-state index contributed by atoms with van der Waals surface area (Å²) >= 11 is 0. The minimum atomic E-state index is 0. The van der Waals surface area contributed by atoms with Gasteiger partial charge in [0.05, 0.1) is 12.6 Å². The lowest BCUT2D eigenvalue weighted by Crippen LogP contribution is -2.41. The van der Waals surface area contributed by atoms with E-state index in [2.05, 4.69) is 76.2 Å². The number of halogens is 1. The number of ether oxygens (including phenoxy) is 1. The maximum absolute atomic E-state index is 6.16. The van der Waals surface area contributed by atoms with E-state index in [0.29, 0.717) is 5.92 Å². The van der Waals surface area contributed by atoms with Crippen molar-refractivity contribution in [1.82, 2.24) is 20.4 Å². The molecule has 2 aromatic carbocycles. The molecule has 176 valence electrons. The van der Waals surface area contributed by atoms with Crippen molar-refractivity contribution in [3.63, 3.8) is 0 Å². The van der Waals surface area contributed by atoms with E-state index in [0.717, 1.165) is 45.0 Å². The molecule has 2 unspecified atom stereocenters. The molecule has 1 aromatic heterocycles. The number of guanidine groups is 1. The van der Waals surface area contributed by atoms with E-state index in [-0.39, 0.29) is 30.1 Å². The third-order valence-electron chi connectivity index (χ3n) is 5.96. The van der Waals surface area contributed by atoms with Crippen LogP contribution in [0.4, 0.5) is 0 Å². The number of benzene rings is 2. The van der Waals surface area contributed by atoms with Gasteiger partial charge >= 0.3 is 0 Å². The third-order valence-corrected chi connectivity index (χ3v) is 5.96. The number of aliphatic imine (C=N–C) groups is 1. The second kappa shape index (κ2) is 12.7. The van der Waals surface area contributed by atoms with Gasteiger partial charge in [-0.3, -0.25) is 9.67 Å². The first-order chi connectivity index (χ1) is 15.7. The average Bonchev–Trinajstić information content (AvgIpc) is 3.33. The van der Waals surface area contributed by atoms with Crippen LogP contribution in [0.2, 0.25) is 0 Å². The second-order valence-electron chi connectivity index (χ2n) is 8.43. The molecule has 0 saturated carbocycles. The molecule has 2 N–H and O–H groups in total. The Morgan fingerprint density at radius 1 is 1.12 bits per heavy atom. The molecule has 3 aromatic rings. The third kappa shape index (κ3) is 7.30. The molecule has 1 aliphatic rings. The Bertz CT molecular complexity index is 1000. The smallest absolute Gasteiger partial charge is 0.191 e. The highest BCUT2D eigenvalue weighted by molar-refractivity contribution is 14.0. The van der Waals surface area contributed by atoms with Gasteiger partial charge in [-0.15, -0.1) is 24.0 Å². The number of nitrogens with zero attached hydrogens (tertiary/aromatic N) is 3. The first kappa shape index (κ1) is 25.2. The fourth-order valence-electron chi connectivity index (χ4n) is 4.23. The van der Waals surface area contributed by atoms with E-state index in [9.17, 15) is 0 Å². The van der Waals surface area contributed by atoms with Crippen LogP contribution in [-0.2, 0) is 17.8 Å². The van der Waals surface area contributed by atoms with Gasteiger partial charge in [-0.2, -0.15) is 5.10 Å². The van der Waals surface area contributed by atoms with Crippen molar-refractivity contribution in [2.24, 2.45) is 10.9 Å². The minimum Gasteiger partial charge on any atom is -0.373 e. The quantitative estimate of drug-likeness (QED) is 0.251. The summed E-state index contributed by atoms with van der Waals surface area (Å²) < 4.78 is 8.09. The van der Waals surface area contributed by atoms with Gasteiger partial charge in [0, 0.05) is 45.1 Å². The van der Waals surface area contributed by atoms with Crippen LogP contribution in [0, 0.1) is 12.8 Å². The zero-order valence-corrected chi connectivity index (χ0v) is 21.7. The Balaban J connectivity index is 0.00000306. The molecule has 6 nitrogen and oxygen atoms in total. The van der Waals surface area contributed by atoms with Gasteiger partial charge in [-0.1, -0.05) is 54.1 Å². The summed E-state index contributed by atoms with van der Waals surface area (Å²) in [7, 11) is 1.82. The van der Waals surface area contributed by atoms with Crippen LogP contribution in [0.5, 0.6) is 0 Å². The molecule has 0 spiro atoms. The van der Waals surface area contributed by atoms with E-state index >= 15 is 0 Å². The predicted molar refractivity (Wildman–Crippen MR) is 144 cm³/mol. The Kier molecular flexibility index (Phi) is 9.75. The normalized spacial score (nSPS) is 18.4. The maximum Gasteiger partial charge on any atom is 0.191 e. The number of hydrogen-bond acceptors (Lipinski definition) is 3. The fourth-order valence-corrected chi connectivity index (χ4v) is 4.23.